The summed E-state index contributed by atoms with van der Waals surface area (Å²) in [5.41, 5.74) is 2.93. The van der Waals surface area contributed by atoms with Crippen molar-refractivity contribution in [3.63, 3.8) is 0 Å². The molecule has 1 saturated heterocycles. The van der Waals surface area contributed by atoms with Crippen LogP contribution in [-0.4, -0.2) is 12.7 Å². The predicted molar refractivity (Wildman–Crippen MR) is 106 cm³/mol. The highest BCUT2D eigenvalue weighted by Crippen LogP contribution is 2.25. The average Bonchev–Trinajstić information content (AvgIpc) is 2.66. The van der Waals surface area contributed by atoms with Crippen LogP contribution in [0.25, 0.3) is 0 Å². The summed E-state index contributed by atoms with van der Waals surface area (Å²) in [5.74, 6) is 0.0978. The monoisotopic (exact) mass is 392 g/mol. The van der Waals surface area contributed by atoms with E-state index in [4.69, 9.17) is 16.3 Å². The molecule has 1 aliphatic heterocycles. The zero-order chi connectivity index (χ0) is 19.4. The van der Waals surface area contributed by atoms with Gasteiger partial charge in [-0.3, -0.25) is 0 Å². The Morgan fingerprint density at radius 2 is 1.81 bits per heavy atom. The van der Waals surface area contributed by atoms with Gasteiger partial charge in [-0.25, -0.2) is 8.78 Å². The number of halogens is 3. The molecule has 4 heteroatoms. The molecule has 1 nitrogen and oxygen atoms in total. The first-order valence-electron chi connectivity index (χ1n) is 9.76. The van der Waals surface area contributed by atoms with Crippen LogP contribution in [0.15, 0.2) is 30.3 Å². The molecule has 1 fully saturated rings. The van der Waals surface area contributed by atoms with Gasteiger partial charge < -0.3 is 4.74 Å². The van der Waals surface area contributed by atoms with Crippen LogP contribution >= 0.6 is 11.6 Å². The van der Waals surface area contributed by atoms with E-state index in [1.54, 1.807) is 19.1 Å². The molecule has 0 bridgehead atoms. The maximum absolute atomic E-state index is 14.5. The second-order valence-corrected chi connectivity index (χ2v) is 8.15. The summed E-state index contributed by atoms with van der Waals surface area (Å²) in [4.78, 5) is 0. The van der Waals surface area contributed by atoms with Crippen LogP contribution in [0.3, 0.4) is 0 Å². The van der Waals surface area contributed by atoms with E-state index in [9.17, 15) is 8.78 Å². The molecule has 0 aromatic heterocycles. The Labute approximate surface area is 165 Å². The molecule has 0 aliphatic carbocycles. The van der Waals surface area contributed by atoms with Crippen molar-refractivity contribution in [1.29, 1.82) is 0 Å². The van der Waals surface area contributed by atoms with Crippen molar-refractivity contribution < 1.29 is 13.5 Å². The summed E-state index contributed by atoms with van der Waals surface area (Å²) in [6.45, 7) is 4.71. The summed E-state index contributed by atoms with van der Waals surface area (Å²) in [7, 11) is 0. The first kappa shape index (κ1) is 20.3. The third kappa shape index (κ3) is 5.30. The van der Waals surface area contributed by atoms with Gasteiger partial charge in [-0.1, -0.05) is 42.8 Å². The van der Waals surface area contributed by atoms with Gasteiger partial charge in [0.05, 0.1) is 11.1 Å². The van der Waals surface area contributed by atoms with Crippen molar-refractivity contribution in [2.45, 2.75) is 58.5 Å². The zero-order valence-corrected chi connectivity index (χ0v) is 16.8. The normalized spacial score (nSPS) is 20.0. The molecule has 0 N–H and O–H groups in total. The van der Waals surface area contributed by atoms with E-state index in [2.05, 4.69) is 6.92 Å². The summed E-state index contributed by atoms with van der Waals surface area (Å²) in [6, 6.07) is 9.00. The molecule has 0 spiro atoms. The van der Waals surface area contributed by atoms with Gasteiger partial charge in [-0.05, 0) is 79.7 Å². The molecule has 0 saturated carbocycles. The highest BCUT2D eigenvalue weighted by Gasteiger charge is 2.19. The molecule has 0 amide bonds. The molecule has 2 unspecified atom stereocenters. The molecule has 2 aromatic rings. The fourth-order valence-electron chi connectivity index (χ4n) is 3.59. The highest BCUT2D eigenvalue weighted by atomic mass is 35.5. The number of rotatable bonds is 6. The van der Waals surface area contributed by atoms with Crippen molar-refractivity contribution in [2.75, 3.05) is 6.61 Å². The van der Waals surface area contributed by atoms with Gasteiger partial charge in [0.2, 0.25) is 0 Å². The third-order valence-corrected chi connectivity index (χ3v) is 5.90. The maximum atomic E-state index is 14.5. The van der Waals surface area contributed by atoms with Crippen LogP contribution in [0.1, 0.15) is 48.4 Å². The zero-order valence-electron chi connectivity index (χ0n) is 16.0. The van der Waals surface area contributed by atoms with Crippen molar-refractivity contribution in [1.82, 2.24) is 0 Å². The Morgan fingerprint density at radius 3 is 2.52 bits per heavy atom. The number of hydrogen-bond donors (Lipinski definition) is 0. The molecular weight excluding hydrogens is 366 g/mol. The highest BCUT2D eigenvalue weighted by molar-refractivity contribution is 6.31. The predicted octanol–water partition coefficient (Wildman–Crippen LogP) is 6.46. The molecular formula is C23H27ClF2O. The van der Waals surface area contributed by atoms with Crippen molar-refractivity contribution in [3.8, 4) is 0 Å². The topological polar surface area (TPSA) is 9.23 Å². The molecule has 2 atom stereocenters. The average molecular weight is 393 g/mol. The van der Waals surface area contributed by atoms with Gasteiger partial charge in [0, 0.05) is 6.61 Å². The van der Waals surface area contributed by atoms with E-state index >= 15 is 0 Å². The summed E-state index contributed by atoms with van der Waals surface area (Å²) in [5, 5.41) is 0.175. The second kappa shape index (κ2) is 9.16. The molecule has 0 radical (unpaired) electrons. The minimum absolute atomic E-state index is 0.169. The smallest absolute Gasteiger partial charge is 0.144 e. The first-order valence-corrected chi connectivity index (χ1v) is 10.1. The minimum Gasteiger partial charge on any atom is -0.378 e. The van der Waals surface area contributed by atoms with Gasteiger partial charge in [-0.2, -0.15) is 0 Å². The van der Waals surface area contributed by atoms with Gasteiger partial charge in [0.15, 0.2) is 0 Å². The van der Waals surface area contributed by atoms with Crippen molar-refractivity contribution >= 4 is 11.6 Å². The number of hydrogen-bond acceptors (Lipinski definition) is 1. The van der Waals surface area contributed by atoms with Gasteiger partial charge in [0.1, 0.15) is 11.6 Å². The van der Waals surface area contributed by atoms with Gasteiger partial charge in [-0.15, -0.1) is 0 Å². The third-order valence-electron chi connectivity index (χ3n) is 5.49. The standard InChI is InChI=1S/C23H27ClF2O/c1-15-3-11-20(27-14-15)12-10-18-8-5-17(13-21(18)25)6-9-19-7-4-16(2)23(26)22(19)24/h4-5,7-8,13,15,20H,3,6,9-12,14H2,1-2H3. The van der Waals surface area contributed by atoms with Crippen LogP contribution in [-0.2, 0) is 24.0 Å². The van der Waals surface area contributed by atoms with E-state index < -0.39 is 0 Å². The molecule has 3 rings (SSSR count). The van der Waals surface area contributed by atoms with Crippen LogP contribution in [0, 0.1) is 24.5 Å². The Hall–Kier alpha value is -1.45. The lowest BCUT2D eigenvalue weighted by Crippen LogP contribution is -2.24. The fraction of sp³-hybridized carbons (Fsp3) is 0.478. The van der Waals surface area contributed by atoms with E-state index in [-0.39, 0.29) is 22.8 Å². The lowest BCUT2D eigenvalue weighted by atomic mass is 9.95. The van der Waals surface area contributed by atoms with Crippen LogP contribution in [0.5, 0.6) is 0 Å². The van der Waals surface area contributed by atoms with Crippen LogP contribution in [0.2, 0.25) is 5.02 Å². The Kier molecular flexibility index (Phi) is 6.88. The molecule has 1 aliphatic rings. The first-order chi connectivity index (χ1) is 12.9. The number of ether oxygens (including phenoxy) is 1. The summed E-state index contributed by atoms with van der Waals surface area (Å²) >= 11 is 6.08. The van der Waals surface area contributed by atoms with E-state index in [0.29, 0.717) is 30.7 Å². The van der Waals surface area contributed by atoms with Gasteiger partial charge >= 0.3 is 0 Å². The molecule has 27 heavy (non-hydrogen) atoms. The van der Waals surface area contributed by atoms with Gasteiger partial charge in [0.25, 0.3) is 0 Å². The lowest BCUT2D eigenvalue weighted by Gasteiger charge is -2.26. The largest absolute Gasteiger partial charge is 0.378 e. The minimum atomic E-state index is -0.366. The Balaban J connectivity index is 1.56. The SMILES string of the molecule is Cc1ccc(CCc2ccc(CCC3CCC(C)CO3)c(F)c2)c(Cl)c1F. The summed E-state index contributed by atoms with van der Waals surface area (Å²) in [6.07, 6.45) is 5.27. The van der Waals surface area contributed by atoms with E-state index in [1.807, 2.05) is 18.2 Å². The maximum Gasteiger partial charge on any atom is 0.144 e. The lowest BCUT2D eigenvalue weighted by molar-refractivity contribution is -0.0148. The van der Waals surface area contributed by atoms with Crippen molar-refractivity contribution in [2.24, 2.45) is 5.92 Å². The molecule has 1 heterocycles. The van der Waals surface area contributed by atoms with Crippen LogP contribution < -0.4 is 0 Å². The van der Waals surface area contributed by atoms with E-state index in [1.165, 1.54) is 6.42 Å². The number of benzene rings is 2. The Morgan fingerprint density at radius 1 is 1.04 bits per heavy atom. The molecule has 2 aromatic carbocycles. The van der Waals surface area contributed by atoms with Crippen molar-refractivity contribution in [3.05, 3.63) is 69.2 Å². The molecule has 146 valence electrons. The van der Waals surface area contributed by atoms with Crippen LogP contribution in [0.4, 0.5) is 8.78 Å². The number of aryl methyl sites for hydroxylation is 4. The Bertz CT molecular complexity index is 782. The second-order valence-electron chi connectivity index (χ2n) is 7.77. The van der Waals surface area contributed by atoms with E-state index in [0.717, 1.165) is 36.1 Å². The quantitative estimate of drug-likeness (QED) is 0.548. The summed E-state index contributed by atoms with van der Waals surface area (Å²) < 4.78 is 34.2. The fourth-order valence-corrected chi connectivity index (χ4v) is 3.90.